The number of nitrogens with two attached hydrogens (primary N) is 1. The Balaban J connectivity index is 1.49. The molecule has 5 N–H and O–H groups in total. The molecule has 1 aliphatic heterocycles. The van der Waals surface area contributed by atoms with E-state index in [1.165, 1.54) is 0 Å². The molecule has 2 heterocycles. The molecule has 0 radical (unpaired) electrons. The maximum atomic E-state index is 13.3. The Morgan fingerprint density at radius 1 is 1.25 bits per heavy atom. The Kier molecular flexibility index (Phi) is 8.71. The van der Waals surface area contributed by atoms with Crippen molar-refractivity contribution in [2.75, 3.05) is 51.8 Å². The van der Waals surface area contributed by atoms with Crippen LogP contribution in [0.15, 0.2) is 60.8 Å². The van der Waals surface area contributed by atoms with Gasteiger partial charge in [-0.3, -0.25) is 14.7 Å². The molecule has 3 aromatic rings. The van der Waals surface area contributed by atoms with Crippen LogP contribution in [0.5, 0.6) is 5.75 Å². The molecule has 2 unspecified atom stereocenters. The molecule has 0 spiro atoms. The van der Waals surface area contributed by atoms with E-state index in [9.17, 15) is 15.0 Å². The number of anilines is 1. The third-order valence-corrected chi connectivity index (χ3v) is 6.67. The predicted molar refractivity (Wildman–Crippen MR) is 140 cm³/mol. The number of aromatic nitrogens is 1. The van der Waals surface area contributed by atoms with Gasteiger partial charge in [-0.1, -0.05) is 30.3 Å². The molecule has 3 atom stereocenters. The number of β-amino-alcohol motifs (C(OH)–C–C–N with tert-alkyl or cyclic N) is 1. The van der Waals surface area contributed by atoms with E-state index < -0.39 is 0 Å². The summed E-state index contributed by atoms with van der Waals surface area (Å²) in [6, 6.07) is 16.8. The van der Waals surface area contributed by atoms with Crippen LogP contribution < -0.4 is 15.8 Å². The highest BCUT2D eigenvalue weighted by molar-refractivity contribution is 5.95. The van der Waals surface area contributed by atoms with E-state index >= 15 is 0 Å². The van der Waals surface area contributed by atoms with Crippen LogP contribution in [0.2, 0.25) is 0 Å². The maximum absolute atomic E-state index is 13.3. The SMILES string of the molecule is CN(C(=O)COc1ccc(NC(CN)CO)c2ncccc12)C(CN1CC[C@H](O)C1)c1ccccc1. The second kappa shape index (κ2) is 12.1. The average molecular weight is 494 g/mol. The molecule has 1 aliphatic rings. The number of pyridine rings is 1. The standard InChI is InChI=1S/C27H35N5O4/c1-31(24(19-6-3-2-4-7-19)16-32-13-11-21(34)15-32)26(35)18-36-25-10-9-23(30-20(14-28)17-33)27-22(25)8-5-12-29-27/h2-10,12,20-21,24,30,33-34H,11,13-18,28H2,1H3/t20?,21-,24?/m0/s1. The molecule has 1 amide bonds. The van der Waals surface area contributed by atoms with E-state index in [1.807, 2.05) is 48.5 Å². The van der Waals surface area contributed by atoms with Crippen molar-refractivity contribution < 1.29 is 19.7 Å². The molecule has 2 aromatic carbocycles. The minimum absolute atomic E-state index is 0.0944. The average Bonchev–Trinajstić information content (AvgIpc) is 3.34. The van der Waals surface area contributed by atoms with Crippen LogP contribution in [0.4, 0.5) is 5.69 Å². The second-order valence-electron chi connectivity index (χ2n) is 9.19. The molecule has 0 saturated carbocycles. The van der Waals surface area contributed by atoms with Crippen molar-refractivity contribution in [1.29, 1.82) is 0 Å². The molecular weight excluding hydrogens is 458 g/mol. The fourth-order valence-corrected chi connectivity index (χ4v) is 4.55. The summed E-state index contributed by atoms with van der Waals surface area (Å²) in [6.45, 7) is 2.13. The number of likely N-dealkylation sites (tertiary alicyclic amines) is 1. The van der Waals surface area contributed by atoms with Crippen LogP contribution >= 0.6 is 0 Å². The molecule has 0 aliphatic carbocycles. The summed E-state index contributed by atoms with van der Waals surface area (Å²) in [5.41, 5.74) is 8.17. The van der Waals surface area contributed by atoms with Crippen LogP contribution in [0.1, 0.15) is 18.0 Å². The number of ether oxygens (including phenoxy) is 1. The highest BCUT2D eigenvalue weighted by Crippen LogP contribution is 2.31. The summed E-state index contributed by atoms with van der Waals surface area (Å²) in [5, 5.41) is 23.4. The minimum Gasteiger partial charge on any atom is -0.483 e. The highest BCUT2D eigenvalue weighted by Gasteiger charge is 2.28. The highest BCUT2D eigenvalue weighted by atomic mass is 16.5. The van der Waals surface area contributed by atoms with Crippen molar-refractivity contribution in [3.05, 3.63) is 66.4 Å². The Morgan fingerprint density at radius 2 is 2.06 bits per heavy atom. The molecule has 9 heteroatoms. The number of carbonyl (C=O) groups is 1. The quantitative estimate of drug-likeness (QED) is 0.318. The number of aliphatic hydroxyl groups excluding tert-OH is 2. The first-order valence-corrected chi connectivity index (χ1v) is 12.3. The van der Waals surface area contributed by atoms with Crippen molar-refractivity contribution in [3.8, 4) is 5.75 Å². The van der Waals surface area contributed by atoms with Gasteiger partial charge in [-0.05, 0) is 36.2 Å². The van der Waals surface area contributed by atoms with Gasteiger partial charge in [0.25, 0.3) is 5.91 Å². The number of likely N-dealkylation sites (N-methyl/N-ethyl adjacent to an activating group) is 1. The van der Waals surface area contributed by atoms with Crippen LogP contribution in [-0.4, -0.2) is 89.5 Å². The number of nitrogens with one attached hydrogen (secondary N) is 1. The van der Waals surface area contributed by atoms with Crippen molar-refractivity contribution in [2.24, 2.45) is 5.73 Å². The summed E-state index contributed by atoms with van der Waals surface area (Å²) >= 11 is 0. The lowest BCUT2D eigenvalue weighted by atomic mass is 10.0. The van der Waals surface area contributed by atoms with Gasteiger partial charge >= 0.3 is 0 Å². The first-order valence-electron chi connectivity index (χ1n) is 12.3. The zero-order valence-electron chi connectivity index (χ0n) is 20.6. The third kappa shape index (κ3) is 6.11. The Hall–Kier alpha value is -3.24. The van der Waals surface area contributed by atoms with E-state index in [4.69, 9.17) is 10.5 Å². The molecular formula is C27H35N5O4. The lowest BCUT2D eigenvalue weighted by Crippen LogP contribution is -2.40. The van der Waals surface area contributed by atoms with Gasteiger partial charge in [0.2, 0.25) is 0 Å². The van der Waals surface area contributed by atoms with E-state index in [-0.39, 0.29) is 43.9 Å². The molecule has 1 fully saturated rings. The van der Waals surface area contributed by atoms with Gasteiger partial charge in [0.1, 0.15) is 5.75 Å². The number of hydrogen-bond donors (Lipinski definition) is 4. The van der Waals surface area contributed by atoms with Crippen molar-refractivity contribution in [2.45, 2.75) is 24.6 Å². The van der Waals surface area contributed by atoms with Crippen LogP contribution in [0, 0.1) is 0 Å². The smallest absolute Gasteiger partial charge is 0.260 e. The summed E-state index contributed by atoms with van der Waals surface area (Å²) < 4.78 is 6.00. The van der Waals surface area contributed by atoms with Crippen LogP contribution in [0.25, 0.3) is 10.9 Å². The summed E-state index contributed by atoms with van der Waals surface area (Å²) in [6.07, 6.45) is 2.12. The first kappa shape index (κ1) is 25.8. The van der Waals surface area contributed by atoms with Crippen molar-refractivity contribution in [3.63, 3.8) is 0 Å². The summed E-state index contributed by atoms with van der Waals surface area (Å²) in [5.74, 6) is 0.406. The molecule has 4 rings (SSSR count). The molecule has 0 bridgehead atoms. The maximum Gasteiger partial charge on any atom is 0.260 e. The summed E-state index contributed by atoms with van der Waals surface area (Å²) in [4.78, 5) is 21.6. The number of aliphatic hydroxyl groups is 2. The number of amides is 1. The van der Waals surface area contributed by atoms with Gasteiger partial charge in [0, 0.05) is 44.8 Å². The summed E-state index contributed by atoms with van der Waals surface area (Å²) in [7, 11) is 1.80. The second-order valence-corrected chi connectivity index (χ2v) is 9.19. The van der Waals surface area contributed by atoms with Crippen LogP contribution in [0.3, 0.4) is 0 Å². The zero-order valence-corrected chi connectivity index (χ0v) is 20.6. The zero-order chi connectivity index (χ0) is 25.5. The molecule has 192 valence electrons. The van der Waals surface area contributed by atoms with E-state index in [1.54, 1.807) is 24.2 Å². The van der Waals surface area contributed by atoms with Gasteiger partial charge in [0.15, 0.2) is 6.61 Å². The molecule has 1 saturated heterocycles. The van der Waals surface area contributed by atoms with Crippen molar-refractivity contribution >= 4 is 22.5 Å². The van der Waals surface area contributed by atoms with Gasteiger partial charge in [-0.25, -0.2) is 0 Å². The Morgan fingerprint density at radius 3 is 2.75 bits per heavy atom. The van der Waals surface area contributed by atoms with Crippen molar-refractivity contribution in [1.82, 2.24) is 14.8 Å². The fraction of sp³-hybridized carbons (Fsp3) is 0.407. The van der Waals surface area contributed by atoms with Gasteiger partial charge in [-0.2, -0.15) is 0 Å². The van der Waals surface area contributed by atoms with Crippen LogP contribution in [-0.2, 0) is 4.79 Å². The number of carbonyl (C=O) groups excluding carboxylic acids is 1. The molecule has 36 heavy (non-hydrogen) atoms. The lowest BCUT2D eigenvalue weighted by molar-refractivity contribution is -0.134. The third-order valence-electron chi connectivity index (χ3n) is 6.67. The normalized spacial score (nSPS) is 17.6. The van der Waals surface area contributed by atoms with Gasteiger partial charge < -0.3 is 30.9 Å². The predicted octanol–water partition coefficient (Wildman–Crippen LogP) is 1.61. The van der Waals surface area contributed by atoms with E-state index in [0.717, 1.165) is 29.6 Å². The minimum atomic E-state index is -0.317. The van der Waals surface area contributed by atoms with E-state index in [0.29, 0.717) is 24.4 Å². The first-order chi connectivity index (χ1) is 17.5. The molecule has 9 nitrogen and oxygen atoms in total. The molecule has 1 aromatic heterocycles. The monoisotopic (exact) mass is 493 g/mol. The fourth-order valence-electron chi connectivity index (χ4n) is 4.55. The topological polar surface area (TPSA) is 124 Å². The Labute approximate surface area is 211 Å². The number of hydrogen-bond acceptors (Lipinski definition) is 8. The van der Waals surface area contributed by atoms with E-state index in [2.05, 4.69) is 15.2 Å². The van der Waals surface area contributed by atoms with Gasteiger partial charge in [0.05, 0.1) is 36.0 Å². The number of benzene rings is 2. The Bertz CT molecular complexity index is 1140. The van der Waals surface area contributed by atoms with Gasteiger partial charge in [-0.15, -0.1) is 0 Å². The number of nitrogens with zero attached hydrogens (tertiary/aromatic N) is 3. The largest absolute Gasteiger partial charge is 0.483 e. The lowest BCUT2D eigenvalue weighted by Gasteiger charge is -2.32. The number of rotatable bonds is 11. The number of fused-ring (bicyclic) bond motifs is 1.